The number of likely N-dealkylation sites (tertiary alicyclic amines) is 1. The van der Waals surface area contributed by atoms with Gasteiger partial charge < -0.3 is 15.2 Å². The van der Waals surface area contributed by atoms with Crippen LogP contribution in [0.2, 0.25) is 0 Å². The molecular weight excluding hydrogens is 264 g/mol. The molecule has 4 heteroatoms. The summed E-state index contributed by atoms with van der Waals surface area (Å²) in [5, 5.41) is 0. The molecule has 1 heterocycles. The molecule has 0 aromatic heterocycles. The largest absolute Gasteiger partial charge is 0.493 e. The van der Waals surface area contributed by atoms with Crippen molar-refractivity contribution in [1.29, 1.82) is 0 Å². The third-order valence-electron chi connectivity index (χ3n) is 4.39. The number of rotatable bonds is 6. The van der Waals surface area contributed by atoms with Crippen LogP contribution in [0.4, 0.5) is 0 Å². The van der Waals surface area contributed by atoms with Crippen LogP contribution in [-0.4, -0.2) is 44.3 Å². The molecule has 0 amide bonds. The summed E-state index contributed by atoms with van der Waals surface area (Å²) in [5.41, 5.74) is 5.96. The van der Waals surface area contributed by atoms with Crippen LogP contribution in [0.15, 0.2) is 24.3 Å². The maximum Gasteiger partial charge on any atom is 0.161 e. The Morgan fingerprint density at radius 2 is 1.95 bits per heavy atom. The lowest BCUT2D eigenvalue weighted by Crippen LogP contribution is -2.52. The zero-order valence-corrected chi connectivity index (χ0v) is 13.4. The monoisotopic (exact) mass is 292 g/mol. The van der Waals surface area contributed by atoms with E-state index in [0.717, 1.165) is 37.1 Å². The molecule has 118 valence electrons. The zero-order valence-electron chi connectivity index (χ0n) is 13.4. The van der Waals surface area contributed by atoms with Crippen LogP contribution in [-0.2, 0) is 0 Å². The molecular formula is C17H28N2O2. The number of hydrogen-bond acceptors (Lipinski definition) is 4. The molecule has 0 bridgehead atoms. The maximum absolute atomic E-state index is 5.96. The summed E-state index contributed by atoms with van der Waals surface area (Å²) in [6.45, 7) is 8.04. The highest BCUT2D eigenvalue weighted by atomic mass is 16.5. The number of methoxy groups -OCH3 is 1. The Kier molecular flexibility index (Phi) is 5.88. The Hall–Kier alpha value is -1.26. The van der Waals surface area contributed by atoms with Gasteiger partial charge in [-0.05, 0) is 30.4 Å². The fourth-order valence-corrected chi connectivity index (χ4v) is 3.41. The standard InChI is InChI=1S/C17H28N2O2/c1-13-10-14(2)15(11-18)19(12-13)8-9-21-17-7-5-4-6-16(17)20-3/h4-7,13-15H,8-12,18H2,1-3H3. The third-order valence-corrected chi connectivity index (χ3v) is 4.39. The van der Waals surface area contributed by atoms with Crippen LogP contribution < -0.4 is 15.2 Å². The van der Waals surface area contributed by atoms with Gasteiger partial charge in [-0.1, -0.05) is 26.0 Å². The second-order valence-electron chi connectivity index (χ2n) is 6.12. The Labute approximate surface area is 128 Å². The number of piperidine rings is 1. The van der Waals surface area contributed by atoms with Crippen molar-refractivity contribution in [3.8, 4) is 11.5 Å². The van der Waals surface area contributed by atoms with E-state index in [2.05, 4.69) is 18.7 Å². The van der Waals surface area contributed by atoms with E-state index in [-0.39, 0.29) is 0 Å². The van der Waals surface area contributed by atoms with Crippen molar-refractivity contribution in [2.24, 2.45) is 17.6 Å². The van der Waals surface area contributed by atoms with Crippen molar-refractivity contribution in [2.75, 3.05) is 33.4 Å². The van der Waals surface area contributed by atoms with Gasteiger partial charge in [0.2, 0.25) is 0 Å². The van der Waals surface area contributed by atoms with Gasteiger partial charge in [-0.25, -0.2) is 0 Å². The third kappa shape index (κ3) is 4.11. The van der Waals surface area contributed by atoms with Crippen LogP contribution in [0.5, 0.6) is 11.5 Å². The highest BCUT2D eigenvalue weighted by Crippen LogP contribution is 2.28. The molecule has 2 rings (SSSR count). The van der Waals surface area contributed by atoms with Gasteiger partial charge in [0, 0.05) is 25.7 Å². The first-order valence-electron chi connectivity index (χ1n) is 7.85. The topological polar surface area (TPSA) is 47.7 Å². The predicted molar refractivity (Wildman–Crippen MR) is 85.8 cm³/mol. The van der Waals surface area contributed by atoms with Crippen LogP contribution in [0, 0.1) is 11.8 Å². The average molecular weight is 292 g/mol. The molecule has 3 atom stereocenters. The van der Waals surface area contributed by atoms with E-state index in [0.29, 0.717) is 18.6 Å². The molecule has 21 heavy (non-hydrogen) atoms. The summed E-state index contributed by atoms with van der Waals surface area (Å²) in [4.78, 5) is 2.48. The first-order valence-corrected chi connectivity index (χ1v) is 7.85. The normalized spacial score (nSPS) is 26.6. The van der Waals surface area contributed by atoms with E-state index in [9.17, 15) is 0 Å². The number of nitrogens with two attached hydrogens (primary N) is 1. The fraction of sp³-hybridized carbons (Fsp3) is 0.647. The number of para-hydroxylation sites is 2. The molecule has 0 saturated carbocycles. The Morgan fingerprint density at radius 3 is 2.62 bits per heavy atom. The highest BCUT2D eigenvalue weighted by Gasteiger charge is 2.30. The number of ether oxygens (including phenoxy) is 2. The molecule has 4 nitrogen and oxygen atoms in total. The van der Waals surface area contributed by atoms with Crippen molar-refractivity contribution in [2.45, 2.75) is 26.3 Å². The molecule has 2 N–H and O–H groups in total. The van der Waals surface area contributed by atoms with E-state index in [1.54, 1.807) is 7.11 Å². The van der Waals surface area contributed by atoms with Crippen LogP contribution >= 0.6 is 0 Å². The summed E-state index contributed by atoms with van der Waals surface area (Å²) in [7, 11) is 1.67. The molecule has 0 spiro atoms. The SMILES string of the molecule is COc1ccccc1OCCN1CC(C)CC(C)C1CN. The fourth-order valence-electron chi connectivity index (χ4n) is 3.41. The summed E-state index contributed by atoms with van der Waals surface area (Å²) >= 11 is 0. The van der Waals surface area contributed by atoms with Gasteiger partial charge in [0.25, 0.3) is 0 Å². The van der Waals surface area contributed by atoms with E-state index < -0.39 is 0 Å². The molecule has 0 radical (unpaired) electrons. The first-order chi connectivity index (χ1) is 10.2. The zero-order chi connectivity index (χ0) is 15.2. The van der Waals surface area contributed by atoms with Gasteiger partial charge >= 0.3 is 0 Å². The van der Waals surface area contributed by atoms with Gasteiger partial charge in [-0.15, -0.1) is 0 Å². The van der Waals surface area contributed by atoms with Gasteiger partial charge in [0.05, 0.1) is 7.11 Å². The lowest BCUT2D eigenvalue weighted by molar-refractivity contribution is 0.0606. The maximum atomic E-state index is 5.96. The molecule has 1 aromatic rings. The summed E-state index contributed by atoms with van der Waals surface area (Å²) < 4.78 is 11.2. The van der Waals surface area contributed by atoms with E-state index >= 15 is 0 Å². The quantitative estimate of drug-likeness (QED) is 0.874. The molecule has 0 aliphatic carbocycles. The van der Waals surface area contributed by atoms with Gasteiger partial charge in [-0.3, -0.25) is 4.90 Å². The molecule has 1 aliphatic heterocycles. The van der Waals surface area contributed by atoms with Crippen LogP contribution in [0.25, 0.3) is 0 Å². The van der Waals surface area contributed by atoms with Crippen LogP contribution in [0.1, 0.15) is 20.3 Å². The number of nitrogens with zero attached hydrogens (tertiary/aromatic N) is 1. The first kappa shape index (κ1) is 16.1. The van der Waals surface area contributed by atoms with Gasteiger partial charge in [-0.2, -0.15) is 0 Å². The number of benzene rings is 1. The second kappa shape index (κ2) is 7.66. The van der Waals surface area contributed by atoms with Crippen LogP contribution in [0.3, 0.4) is 0 Å². The van der Waals surface area contributed by atoms with E-state index in [4.69, 9.17) is 15.2 Å². The van der Waals surface area contributed by atoms with Crippen molar-refractivity contribution in [3.05, 3.63) is 24.3 Å². The predicted octanol–water partition coefficient (Wildman–Crippen LogP) is 2.38. The Bertz CT molecular complexity index is 439. The van der Waals surface area contributed by atoms with Crippen molar-refractivity contribution < 1.29 is 9.47 Å². The molecule has 1 fully saturated rings. The highest BCUT2D eigenvalue weighted by molar-refractivity contribution is 5.39. The summed E-state index contributed by atoms with van der Waals surface area (Å²) in [5.74, 6) is 2.98. The summed E-state index contributed by atoms with van der Waals surface area (Å²) in [6.07, 6.45) is 1.27. The molecule has 1 aromatic carbocycles. The van der Waals surface area contributed by atoms with E-state index in [1.807, 2.05) is 24.3 Å². The minimum atomic E-state index is 0.475. The van der Waals surface area contributed by atoms with Gasteiger partial charge in [0.15, 0.2) is 11.5 Å². The minimum Gasteiger partial charge on any atom is -0.493 e. The van der Waals surface area contributed by atoms with Gasteiger partial charge in [0.1, 0.15) is 6.61 Å². The lowest BCUT2D eigenvalue weighted by Gasteiger charge is -2.42. The second-order valence-corrected chi connectivity index (χ2v) is 6.12. The Morgan fingerprint density at radius 1 is 1.24 bits per heavy atom. The Balaban J connectivity index is 1.89. The molecule has 1 saturated heterocycles. The number of hydrogen-bond donors (Lipinski definition) is 1. The summed E-state index contributed by atoms with van der Waals surface area (Å²) in [6, 6.07) is 8.25. The lowest BCUT2D eigenvalue weighted by atomic mass is 9.85. The van der Waals surface area contributed by atoms with E-state index in [1.165, 1.54) is 6.42 Å². The average Bonchev–Trinajstić information content (AvgIpc) is 2.47. The molecule has 1 aliphatic rings. The van der Waals surface area contributed by atoms with Crippen molar-refractivity contribution in [3.63, 3.8) is 0 Å². The van der Waals surface area contributed by atoms with Crippen molar-refractivity contribution in [1.82, 2.24) is 4.90 Å². The molecule has 3 unspecified atom stereocenters. The smallest absolute Gasteiger partial charge is 0.161 e. The van der Waals surface area contributed by atoms with Crippen molar-refractivity contribution >= 4 is 0 Å². The minimum absolute atomic E-state index is 0.475.